The van der Waals surface area contributed by atoms with E-state index >= 15 is 0 Å². The first-order valence-electron chi connectivity index (χ1n) is 5.70. The first-order chi connectivity index (χ1) is 7.54. The smallest absolute Gasteiger partial charge is 0.243 e. The van der Waals surface area contributed by atoms with Crippen molar-refractivity contribution >= 4 is 24.4 Å². The van der Waals surface area contributed by atoms with Crippen molar-refractivity contribution in [2.24, 2.45) is 11.8 Å². The Hall–Kier alpha value is -0.710. The predicted molar refractivity (Wildman–Crippen MR) is 66.4 cm³/mol. The van der Waals surface area contributed by atoms with Crippen molar-refractivity contribution in [1.29, 1.82) is 0 Å². The van der Waals surface area contributed by atoms with Gasteiger partial charge in [0.25, 0.3) is 0 Å². The highest BCUT2D eigenvalue weighted by Gasteiger charge is 2.28. The third kappa shape index (κ3) is 4.43. The van der Waals surface area contributed by atoms with Gasteiger partial charge in [-0.25, -0.2) is 0 Å². The fourth-order valence-electron chi connectivity index (χ4n) is 1.66. The summed E-state index contributed by atoms with van der Waals surface area (Å²) in [5, 5.41) is 5.43. The van der Waals surface area contributed by atoms with Crippen LogP contribution < -0.4 is 10.6 Å². The van der Waals surface area contributed by atoms with E-state index in [1.54, 1.807) is 0 Å². The second kappa shape index (κ2) is 6.13. The maximum Gasteiger partial charge on any atom is 0.243 e. The summed E-state index contributed by atoms with van der Waals surface area (Å²) in [4.78, 5) is 22.5. The molecule has 1 aliphatic carbocycles. The highest BCUT2D eigenvalue weighted by atomic mass is 32.1. The lowest BCUT2D eigenvalue weighted by atomic mass is 10.1. The lowest BCUT2D eigenvalue weighted by Crippen LogP contribution is -2.48. The summed E-state index contributed by atoms with van der Waals surface area (Å²) in [6, 6.07) is -0.521. The molecule has 0 aromatic rings. The Labute approximate surface area is 102 Å². The molecule has 92 valence electrons. The van der Waals surface area contributed by atoms with Gasteiger partial charge in [0.2, 0.25) is 11.8 Å². The fourth-order valence-corrected chi connectivity index (χ4v) is 1.91. The molecular formula is C11H20N2O2S. The second-order valence-corrected chi connectivity index (χ2v) is 4.86. The minimum atomic E-state index is -0.521. The van der Waals surface area contributed by atoms with Gasteiger partial charge in [-0.05, 0) is 24.7 Å². The zero-order valence-electron chi connectivity index (χ0n) is 9.82. The lowest BCUT2D eigenvalue weighted by molar-refractivity contribution is -0.127. The Morgan fingerprint density at radius 2 is 2.06 bits per heavy atom. The molecule has 0 aromatic carbocycles. The van der Waals surface area contributed by atoms with Crippen molar-refractivity contribution < 1.29 is 9.59 Å². The molecular weight excluding hydrogens is 224 g/mol. The van der Waals surface area contributed by atoms with E-state index in [-0.39, 0.29) is 11.8 Å². The Kier molecular flexibility index (Phi) is 5.12. The van der Waals surface area contributed by atoms with E-state index < -0.39 is 6.04 Å². The van der Waals surface area contributed by atoms with Crippen molar-refractivity contribution in [2.75, 3.05) is 12.3 Å². The largest absolute Gasteiger partial charge is 0.354 e. The molecule has 0 bridgehead atoms. The van der Waals surface area contributed by atoms with E-state index in [2.05, 4.69) is 30.2 Å². The molecule has 0 aromatic heterocycles. The lowest BCUT2D eigenvalue weighted by Gasteiger charge is -2.17. The molecule has 0 aliphatic heterocycles. The number of rotatable bonds is 6. The molecule has 0 heterocycles. The van der Waals surface area contributed by atoms with Crippen LogP contribution in [0.2, 0.25) is 0 Å². The third-order valence-electron chi connectivity index (χ3n) is 2.90. The topological polar surface area (TPSA) is 58.2 Å². The first kappa shape index (κ1) is 13.4. The van der Waals surface area contributed by atoms with Crippen LogP contribution in [-0.2, 0) is 9.59 Å². The van der Waals surface area contributed by atoms with Crippen LogP contribution in [-0.4, -0.2) is 30.2 Å². The molecule has 1 fully saturated rings. The summed E-state index contributed by atoms with van der Waals surface area (Å²) < 4.78 is 0. The standard InChI is InChI=1S/C11H20N2O2S/c1-7(9-3-4-9)5-12-11(15)10(6-16)13-8(2)14/h7,9-10,16H,3-6H2,1-2H3,(H,12,15)(H,13,14). The van der Waals surface area contributed by atoms with Gasteiger partial charge in [0.15, 0.2) is 0 Å². The molecule has 16 heavy (non-hydrogen) atoms. The van der Waals surface area contributed by atoms with E-state index in [4.69, 9.17) is 0 Å². The third-order valence-corrected chi connectivity index (χ3v) is 3.27. The van der Waals surface area contributed by atoms with E-state index in [0.717, 1.165) is 5.92 Å². The zero-order chi connectivity index (χ0) is 12.1. The minimum Gasteiger partial charge on any atom is -0.354 e. The Bertz CT molecular complexity index is 267. The average Bonchev–Trinajstić information content (AvgIpc) is 3.05. The monoisotopic (exact) mass is 244 g/mol. The number of carbonyl (C=O) groups excluding carboxylic acids is 2. The summed E-state index contributed by atoms with van der Waals surface area (Å²) >= 11 is 4.05. The van der Waals surface area contributed by atoms with Gasteiger partial charge in [-0.1, -0.05) is 6.92 Å². The number of amides is 2. The summed E-state index contributed by atoms with van der Waals surface area (Å²) in [5.41, 5.74) is 0. The molecule has 5 heteroatoms. The predicted octanol–water partition coefficient (Wildman–Crippen LogP) is 0.583. The summed E-state index contributed by atoms with van der Waals surface area (Å²) in [6.07, 6.45) is 2.55. The van der Waals surface area contributed by atoms with Gasteiger partial charge in [0.05, 0.1) is 0 Å². The molecule has 4 nitrogen and oxygen atoms in total. The van der Waals surface area contributed by atoms with Crippen LogP contribution in [0.3, 0.4) is 0 Å². The zero-order valence-corrected chi connectivity index (χ0v) is 10.7. The van der Waals surface area contributed by atoms with Gasteiger partial charge in [-0.2, -0.15) is 12.6 Å². The molecule has 1 rings (SSSR count). The fraction of sp³-hybridized carbons (Fsp3) is 0.818. The van der Waals surface area contributed by atoms with E-state index in [1.165, 1.54) is 19.8 Å². The molecule has 0 spiro atoms. The molecule has 0 radical (unpaired) electrons. The van der Waals surface area contributed by atoms with Crippen LogP contribution in [0.15, 0.2) is 0 Å². The van der Waals surface area contributed by atoms with Crippen molar-refractivity contribution in [3.8, 4) is 0 Å². The summed E-state index contributed by atoms with van der Waals surface area (Å²) in [6.45, 7) is 4.23. The van der Waals surface area contributed by atoms with Gasteiger partial charge >= 0.3 is 0 Å². The van der Waals surface area contributed by atoms with Crippen LogP contribution in [0, 0.1) is 11.8 Å². The maximum atomic E-state index is 11.7. The number of carbonyl (C=O) groups is 2. The number of thiol groups is 1. The highest BCUT2D eigenvalue weighted by molar-refractivity contribution is 7.80. The van der Waals surface area contributed by atoms with Crippen LogP contribution in [0.4, 0.5) is 0 Å². The molecule has 2 amide bonds. The van der Waals surface area contributed by atoms with Gasteiger partial charge in [0.1, 0.15) is 6.04 Å². The van der Waals surface area contributed by atoms with Crippen LogP contribution in [0.5, 0.6) is 0 Å². The molecule has 2 N–H and O–H groups in total. The summed E-state index contributed by atoms with van der Waals surface area (Å²) in [7, 11) is 0. The molecule has 2 atom stereocenters. The van der Waals surface area contributed by atoms with Crippen molar-refractivity contribution in [3.05, 3.63) is 0 Å². The summed E-state index contributed by atoms with van der Waals surface area (Å²) in [5.74, 6) is 1.28. The van der Waals surface area contributed by atoms with Gasteiger partial charge in [-0.3, -0.25) is 9.59 Å². The van der Waals surface area contributed by atoms with Crippen LogP contribution >= 0.6 is 12.6 Å². The molecule has 2 unspecified atom stereocenters. The van der Waals surface area contributed by atoms with Gasteiger partial charge in [-0.15, -0.1) is 0 Å². The first-order valence-corrected chi connectivity index (χ1v) is 6.33. The van der Waals surface area contributed by atoms with Crippen molar-refractivity contribution in [3.63, 3.8) is 0 Å². The van der Waals surface area contributed by atoms with E-state index in [0.29, 0.717) is 18.2 Å². The van der Waals surface area contributed by atoms with Crippen molar-refractivity contribution in [1.82, 2.24) is 10.6 Å². The number of hydrogen-bond donors (Lipinski definition) is 3. The Morgan fingerprint density at radius 1 is 1.44 bits per heavy atom. The minimum absolute atomic E-state index is 0.141. The molecule has 1 aliphatic rings. The number of nitrogens with one attached hydrogen (secondary N) is 2. The normalized spacial score (nSPS) is 18.7. The molecule has 0 saturated heterocycles. The Balaban J connectivity index is 2.27. The molecule has 1 saturated carbocycles. The van der Waals surface area contributed by atoms with Gasteiger partial charge < -0.3 is 10.6 Å². The van der Waals surface area contributed by atoms with Gasteiger partial charge in [0, 0.05) is 19.2 Å². The highest BCUT2D eigenvalue weighted by Crippen LogP contribution is 2.35. The van der Waals surface area contributed by atoms with Crippen LogP contribution in [0.25, 0.3) is 0 Å². The van der Waals surface area contributed by atoms with E-state index in [9.17, 15) is 9.59 Å². The Morgan fingerprint density at radius 3 is 2.50 bits per heavy atom. The SMILES string of the molecule is CC(=O)NC(CS)C(=O)NCC(C)C1CC1. The second-order valence-electron chi connectivity index (χ2n) is 4.50. The van der Waals surface area contributed by atoms with Crippen molar-refractivity contribution in [2.45, 2.75) is 32.7 Å². The van der Waals surface area contributed by atoms with Crippen LogP contribution in [0.1, 0.15) is 26.7 Å². The maximum absolute atomic E-state index is 11.7. The number of hydrogen-bond acceptors (Lipinski definition) is 3. The van der Waals surface area contributed by atoms with E-state index in [1.807, 2.05) is 0 Å². The quantitative estimate of drug-likeness (QED) is 0.599. The average molecular weight is 244 g/mol.